The van der Waals surface area contributed by atoms with Crippen molar-refractivity contribution < 1.29 is 0 Å². The molecule has 0 aliphatic carbocycles. The molecule has 0 bridgehead atoms. The molecule has 0 saturated heterocycles. The number of benzene rings is 2. The molecule has 110 valence electrons. The van der Waals surface area contributed by atoms with Gasteiger partial charge in [0.15, 0.2) is 5.13 Å². The van der Waals surface area contributed by atoms with Crippen molar-refractivity contribution in [2.75, 3.05) is 5.32 Å². The summed E-state index contributed by atoms with van der Waals surface area (Å²) < 4.78 is 1.20. The minimum Gasteiger partial charge on any atom is -0.352 e. The number of aromatic amines is 1. The summed E-state index contributed by atoms with van der Waals surface area (Å²) in [7, 11) is 0. The van der Waals surface area contributed by atoms with Crippen molar-refractivity contribution in [1.82, 2.24) is 15.0 Å². The number of hydrogen-bond acceptors (Lipinski definition) is 4. The number of fused-ring (bicyclic) bond motifs is 2. The lowest BCUT2D eigenvalue weighted by atomic mass is 10.2. The second-order valence-corrected chi connectivity index (χ2v) is 6.26. The van der Waals surface area contributed by atoms with Crippen molar-refractivity contribution >= 4 is 37.7 Å². The third kappa shape index (κ3) is 2.33. The topological polar surface area (TPSA) is 53.6 Å². The number of nitrogens with zero attached hydrogens (tertiary/aromatic N) is 2. The molecule has 4 aromatic rings. The monoisotopic (exact) mass is 308 g/mol. The Hall–Kier alpha value is -2.40. The molecule has 0 spiro atoms. The molecule has 2 N–H and O–H groups in total. The van der Waals surface area contributed by atoms with Gasteiger partial charge in [0.2, 0.25) is 0 Å². The largest absolute Gasteiger partial charge is 0.352 e. The second-order valence-electron chi connectivity index (χ2n) is 5.23. The molecule has 0 fully saturated rings. The molecule has 2 heterocycles. The van der Waals surface area contributed by atoms with Gasteiger partial charge in [0, 0.05) is 0 Å². The molecule has 1 unspecified atom stereocenters. The lowest BCUT2D eigenvalue weighted by Gasteiger charge is -2.13. The van der Waals surface area contributed by atoms with E-state index in [4.69, 9.17) is 4.98 Å². The van der Waals surface area contributed by atoms with E-state index in [1.54, 1.807) is 11.3 Å². The van der Waals surface area contributed by atoms with E-state index in [1.807, 2.05) is 36.4 Å². The number of para-hydroxylation sites is 3. The number of hydrogen-bond donors (Lipinski definition) is 2. The maximum atomic E-state index is 4.69. The zero-order chi connectivity index (χ0) is 14.9. The fraction of sp³-hybridized carbons (Fsp3) is 0.176. The van der Waals surface area contributed by atoms with Gasteiger partial charge in [-0.1, -0.05) is 42.5 Å². The van der Waals surface area contributed by atoms with Gasteiger partial charge in [-0.15, -0.1) is 0 Å². The first kappa shape index (κ1) is 13.3. The molecule has 1 atom stereocenters. The van der Waals surface area contributed by atoms with Gasteiger partial charge in [-0.25, -0.2) is 9.97 Å². The minimum atomic E-state index is 0.132. The molecule has 0 aliphatic rings. The second kappa shape index (κ2) is 5.42. The van der Waals surface area contributed by atoms with Gasteiger partial charge >= 0.3 is 0 Å². The smallest absolute Gasteiger partial charge is 0.184 e. The van der Waals surface area contributed by atoms with E-state index < -0.39 is 0 Å². The molecule has 2 aromatic carbocycles. The summed E-state index contributed by atoms with van der Waals surface area (Å²) in [6.45, 7) is 2.15. The molecule has 0 saturated carbocycles. The highest BCUT2D eigenvalue weighted by atomic mass is 32.1. The van der Waals surface area contributed by atoms with Crippen molar-refractivity contribution in [2.24, 2.45) is 0 Å². The number of anilines is 1. The Morgan fingerprint density at radius 1 is 1.05 bits per heavy atom. The van der Waals surface area contributed by atoms with Gasteiger partial charge in [-0.3, -0.25) is 0 Å². The van der Waals surface area contributed by atoms with E-state index in [9.17, 15) is 0 Å². The van der Waals surface area contributed by atoms with Crippen LogP contribution in [0.3, 0.4) is 0 Å². The zero-order valence-corrected chi connectivity index (χ0v) is 13.0. The predicted octanol–water partition coefficient (Wildman–Crippen LogP) is 4.74. The average Bonchev–Trinajstić information content (AvgIpc) is 3.15. The van der Waals surface area contributed by atoms with E-state index in [2.05, 4.69) is 34.3 Å². The molecule has 5 heteroatoms. The first-order valence-electron chi connectivity index (χ1n) is 7.40. The van der Waals surface area contributed by atoms with Crippen LogP contribution in [0.25, 0.3) is 21.3 Å². The van der Waals surface area contributed by atoms with Gasteiger partial charge in [0.05, 0.1) is 27.3 Å². The summed E-state index contributed by atoms with van der Waals surface area (Å²) in [5.41, 5.74) is 3.11. The Balaban J connectivity index is 1.66. The van der Waals surface area contributed by atoms with Gasteiger partial charge in [-0.2, -0.15) is 0 Å². The van der Waals surface area contributed by atoms with Crippen LogP contribution in [-0.2, 0) is 0 Å². The fourth-order valence-electron chi connectivity index (χ4n) is 2.58. The normalized spacial score (nSPS) is 12.8. The first-order chi connectivity index (χ1) is 10.8. The van der Waals surface area contributed by atoms with Crippen LogP contribution >= 0.6 is 11.3 Å². The Morgan fingerprint density at radius 3 is 2.59 bits per heavy atom. The SMILES string of the molecule is CCC(Nc1nc2ccccc2s1)c1nc2ccccc2[nH]1. The van der Waals surface area contributed by atoms with Crippen LogP contribution in [0.1, 0.15) is 25.2 Å². The number of imidazole rings is 1. The summed E-state index contributed by atoms with van der Waals surface area (Å²) in [6.07, 6.45) is 0.940. The van der Waals surface area contributed by atoms with E-state index >= 15 is 0 Å². The molecule has 0 amide bonds. The van der Waals surface area contributed by atoms with Crippen LogP contribution in [0.15, 0.2) is 48.5 Å². The van der Waals surface area contributed by atoms with Crippen molar-refractivity contribution in [2.45, 2.75) is 19.4 Å². The van der Waals surface area contributed by atoms with Crippen molar-refractivity contribution in [3.8, 4) is 0 Å². The number of thiazole rings is 1. The summed E-state index contributed by atoms with van der Waals surface area (Å²) in [5, 5.41) is 4.45. The van der Waals surface area contributed by atoms with E-state index in [0.717, 1.165) is 33.9 Å². The predicted molar refractivity (Wildman–Crippen MR) is 92.4 cm³/mol. The van der Waals surface area contributed by atoms with E-state index in [1.165, 1.54) is 4.70 Å². The van der Waals surface area contributed by atoms with Crippen LogP contribution in [0.2, 0.25) is 0 Å². The molecule has 4 rings (SSSR count). The Bertz CT molecular complexity index is 858. The van der Waals surface area contributed by atoms with Crippen LogP contribution in [0.4, 0.5) is 5.13 Å². The minimum absolute atomic E-state index is 0.132. The van der Waals surface area contributed by atoms with Gasteiger partial charge in [0.1, 0.15) is 5.82 Å². The Morgan fingerprint density at radius 2 is 1.82 bits per heavy atom. The highest BCUT2D eigenvalue weighted by molar-refractivity contribution is 7.22. The van der Waals surface area contributed by atoms with Gasteiger partial charge < -0.3 is 10.3 Å². The third-order valence-corrected chi connectivity index (χ3v) is 4.71. The van der Waals surface area contributed by atoms with E-state index in [-0.39, 0.29) is 6.04 Å². The summed E-state index contributed by atoms with van der Waals surface area (Å²) in [6, 6.07) is 16.4. The molecule has 4 nitrogen and oxygen atoms in total. The molecular weight excluding hydrogens is 292 g/mol. The first-order valence-corrected chi connectivity index (χ1v) is 8.22. The molecule has 22 heavy (non-hydrogen) atoms. The van der Waals surface area contributed by atoms with Crippen LogP contribution in [0, 0.1) is 0 Å². The number of aromatic nitrogens is 3. The van der Waals surface area contributed by atoms with Crippen LogP contribution in [-0.4, -0.2) is 15.0 Å². The third-order valence-electron chi connectivity index (χ3n) is 3.74. The Kier molecular flexibility index (Phi) is 3.27. The molecule has 0 aliphatic heterocycles. The lowest BCUT2D eigenvalue weighted by Crippen LogP contribution is -2.11. The van der Waals surface area contributed by atoms with Crippen molar-refractivity contribution in [3.05, 3.63) is 54.4 Å². The highest BCUT2D eigenvalue weighted by Crippen LogP contribution is 2.29. The van der Waals surface area contributed by atoms with Crippen molar-refractivity contribution in [3.63, 3.8) is 0 Å². The number of nitrogens with one attached hydrogen (secondary N) is 2. The number of H-pyrrole nitrogens is 1. The van der Waals surface area contributed by atoms with Gasteiger partial charge in [0.25, 0.3) is 0 Å². The number of rotatable bonds is 4. The van der Waals surface area contributed by atoms with Crippen LogP contribution in [0.5, 0.6) is 0 Å². The molecular formula is C17H16N4S. The van der Waals surface area contributed by atoms with Crippen LogP contribution < -0.4 is 5.32 Å². The molecule has 2 aromatic heterocycles. The maximum Gasteiger partial charge on any atom is 0.184 e. The quantitative estimate of drug-likeness (QED) is 0.573. The van der Waals surface area contributed by atoms with Gasteiger partial charge in [-0.05, 0) is 30.7 Å². The highest BCUT2D eigenvalue weighted by Gasteiger charge is 2.15. The summed E-state index contributed by atoms with van der Waals surface area (Å²) in [4.78, 5) is 12.7. The maximum absolute atomic E-state index is 4.69. The average molecular weight is 308 g/mol. The standard InChI is InChI=1S/C17H16N4S/c1-2-11(16-18-12-7-3-4-8-13(12)19-16)20-17-21-14-9-5-6-10-15(14)22-17/h3-11H,2H2,1H3,(H,18,19)(H,20,21). The zero-order valence-electron chi connectivity index (χ0n) is 12.2. The summed E-state index contributed by atoms with van der Waals surface area (Å²) in [5.74, 6) is 0.961. The van der Waals surface area contributed by atoms with Crippen molar-refractivity contribution in [1.29, 1.82) is 0 Å². The Labute approximate surface area is 132 Å². The van der Waals surface area contributed by atoms with E-state index in [0.29, 0.717) is 0 Å². The fourth-order valence-corrected chi connectivity index (χ4v) is 3.50. The lowest BCUT2D eigenvalue weighted by molar-refractivity contribution is 0.706. The molecule has 0 radical (unpaired) electrons. The summed E-state index contributed by atoms with van der Waals surface area (Å²) >= 11 is 1.68.